The van der Waals surface area contributed by atoms with Gasteiger partial charge in [0.05, 0.1) is 31.2 Å². The van der Waals surface area contributed by atoms with Crippen molar-refractivity contribution in [1.82, 2.24) is 10.6 Å². The number of hydrogen-bond donors (Lipinski definition) is 2. The average molecular weight is 422 g/mol. The fourth-order valence-corrected chi connectivity index (χ4v) is 3.49. The average Bonchev–Trinajstić information content (AvgIpc) is 2.74. The highest BCUT2D eigenvalue weighted by atomic mass is 16.5. The number of allylic oxidation sites excluding steroid dienone is 1. The zero-order valence-electron chi connectivity index (χ0n) is 17.9. The van der Waals surface area contributed by atoms with E-state index in [1.807, 2.05) is 48.5 Å². The molecule has 2 aromatic carbocycles. The number of carbonyl (C=O) groups excluding carboxylic acids is 3. The van der Waals surface area contributed by atoms with Crippen molar-refractivity contribution in [1.29, 1.82) is 0 Å². The Kier molecular flexibility index (Phi) is 7.07. The summed E-state index contributed by atoms with van der Waals surface area (Å²) in [5, 5.41) is 5.42. The maximum atomic E-state index is 12.4. The van der Waals surface area contributed by atoms with Gasteiger partial charge in [-0.05, 0) is 43.0 Å². The number of esters is 2. The van der Waals surface area contributed by atoms with E-state index < -0.39 is 12.0 Å². The maximum absolute atomic E-state index is 12.4. The molecule has 1 unspecified atom stereocenters. The van der Waals surface area contributed by atoms with Gasteiger partial charge < -0.3 is 20.1 Å². The van der Waals surface area contributed by atoms with Crippen molar-refractivity contribution in [3.05, 3.63) is 70.9 Å². The van der Waals surface area contributed by atoms with Crippen LogP contribution in [0.3, 0.4) is 0 Å². The van der Waals surface area contributed by atoms with Crippen LogP contribution in [0.15, 0.2) is 59.8 Å². The summed E-state index contributed by atoms with van der Waals surface area (Å²) < 4.78 is 10.1. The van der Waals surface area contributed by atoms with E-state index >= 15 is 0 Å². The van der Waals surface area contributed by atoms with Crippen LogP contribution in [0.2, 0.25) is 0 Å². The molecule has 0 fully saturated rings. The summed E-state index contributed by atoms with van der Waals surface area (Å²) in [6, 6.07) is 14.4. The summed E-state index contributed by atoms with van der Waals surface area (Å²) in [6.45, 7) is 5.83. The number of carbonyl (C=O) groups is 3. The molecule has 2 aromatic rings. The van der Waals surface area contributed by atoms with Crippen molar-refractivity contribution in [3.8, 4) is 11.1 Å². The van der Waals surface area contributed by atoms with Gasteiger partial charge in [-0.15, -0.1) is 0 Å². The van der Waals surface area contributed by atoms with Crippen molar-refractivity contribution >= 4 is 18.0 Å². The van der Waals surface area contributed by atoms with Crippen molar-refractivity contribution in [2.75, 3.05) is 13.2 Å². The number of amides is 2. The lowest BCUT2D eigenvalue weighted by Gasteiger charge is -2.28. The summed E-state index contributed by atoms with van der Waals surface area (Å²) in [6.07, 6.45) is 0.241. The first-order valence-electron chi connectivity index (χ1n) is 10.2. The lowest BCUT2D eigenvalue weighted by molar-refractivity contribution is -0.142. The van der Waals surface area contributed by atoms with Gasteiger partial charge in [-0.3, -0.25) is 4.79 Å². The molecule has 162 valence electrons. The molecule has 2 amide bonds. The molecule has 1 aliphatic heterocycles. The molecule has 1 aliphatic rings. The van der Waals surface area contributed by atoms with E-state index in [9.17, 15) is 14.4 Å². The largest absolute Gasteiger partial charge is 0.466 e. The smallest absolute Gasteiger partial charge is 0.338 e. The minimum Gasteiger partial charge on any atom is -0.466 e. The first kappa shape index (κ1) is 22.1. The Balaban J connectivity index is 1.80. The van der Waals surface area contributed by atoms with Crippen LogP contribution in [-0.4, -0.2) is 31.2 Å². The van der Waals surface area contributed by atoms with Crippen LogP contribution in [-0.2, 0) is 25.5 Å². The molecule has 31 heavy (non-hydrogen) atoms. The SMILES string of the molecule is CCOC(=O)Cc1ccc(-c2ccc(C3NC(=O)NC(C)=C3C(=O)OCC)cc2)cc1. The number of benzene rings is 2. The van der Waals surface area contributed by atoms with Gasteiger partial charge in [0.1, 0.15) is 0 Å². The van der Waals surface area contributed by atoms with E-state index in [4.69, 9.17) is 9.47 Å². The maximum Gasteiger partial charge on any atom is 0.338 e. The number of nitrogens with one attached hydrogen (secondary N) is 2. The third-order valence-corrected chi connectivity index (χ3v) is 4.95. The fraction of sp³-hybridized carbons (Fsp3) is 0.292. The molecule has 1 heterocycles. The number of ether oxygens (including phenoxy) is 2. The number of rotatable bonds is 7. The van der Waals surface area contributed by atoms with Crippen molar-refractivity contribution < 1.29 is 23.9 Å². The Hall–Kier alpha value is -3.61. The third-order valence-electron chi connectivity index (χ3n) is 4.95. The fourth-order valence-electron chi connectivity index (χ4n) is 3.49. The van der Waals surface area contributed by atoms with Gasteiger partial charge in [-0.25, -0.2) is 9.59 Å². The van der Waals surface area contributed by atoms with Gasteiger partial charge in [-0.2, -0.15) is 0 Å². The second-order valence-corrected chi connectivity index (χ2v) is 7.09. The summed E-state index contributed by atoms with van der Waals surface area (Å²) in [5.74, 6) is -0.705. The Morgan fingerprint density at radius 1 is 0.903 bits per heavy atom. The highest BCUT2D eigenvalue weighted by Crippen LogP contribution is 2.29. The molecule has 7 heteroatoms. The molecule has 0 spiro atoms. The number of urea groups is 1. The minimum absolute atomic E-state index is 0.241. The number of hydrogen-bond acceptors (Lipinski definition) is 5. The summed E-state index contributed by atoms with van der Waals surface area (Å²) in [7, 11) is 0. The molecule has 0 bridgehead atoms. The van der Waals surface area contributed by atoms with Gasteiger partial charge >= 0.3 is 18.0 Å². The molecule has 0 aliphatic carbocycles. The molecule has 7 nitrogen and oxygen atoms in total. The minimum atomic E-state index is -0.589. The second-order valence-electron chi connectivity index (χ2n) is 7.09. The predicted octanol–water partition coefficient (Wildman–Crippen LogP) is 3.65. The molecule has 1 atom stereocenters. The third kappa shape index (κ3) is 5.31. The van der Waals surface area contributed by atoms with Crippen LogP contribution < -0.4 is 10.6 Å². The molecule has 2 N–H and O–H groups in total. The first-order valence-corrected chi connectivity index (χ1v) is 10.2. The van der Waals surface area contributed by atoms with Crippen LogP contribution in [0.4, 0.5) is 4.79 Å². The molecular formula is C24H26N2O5. The Labute approximate surface area is 181 Å². The van der Waals surface area contributed by atoms with E-state index in [1.54, 1.807) is 20.8 Å². The zero-order chi connectivity index (χ0) is 22.4. The summed E-state index contributed by atoms with van der Waals surface area (Å²) >= 11 is 0. The van der Waals surface area contributed by atoms with Crippen LogP contribution in [0.1, 0.15) is 37.9 Å². The van der Waals surface area contributed by atoms with Crippen molar-refractivity contribution in [2.24, 2.45) is 0 Å². The topological polar surface area (TPSA) is 93.7 Å². The zero-order valence-corrected chi connectivity index (χ0v) is 17.9. The van der Waals surface area contributed by atoms with Crippen molar-refractivity contribution in [3.63, 3.8) is 0 Å². The summed E-state index contributed by atoms with van der Waals surface area (Å²) in [5.41, 5.74) is 4.50. The van der Waals surface area contributed by atoms with Gasteiger partial charge in [0.25, 0.3) is 0 Å². The van der Waals surface area contributed by atoms with Gasteiger partial charge in [0.15, 0.2) is 0 Å². The Bertz CT molecular complexity index is 994. The summed E-state index contributed by atoms with van der Waals surface area (Å²) in [4.78, 5) is 36.0. The lowest BCUT2D eigenvalue weighted by Crippen LogP contribution is -2.45. The van der Waals surface area contributed by atoms with E-state index in [0.29, 0.717) is 17.9 Å². The first-order chi connectivity index (χ1) is 14.9. The van der Waals surface area contributed by atoms with E-state index in [1.165, 1.54) is 0 Å². The van der Waals surface area contributed by atoms with Gasteiger partial charge in [0.2, 0.25) is 0 Å². The molecule has 0 radical (unpaired) electrons. The quantitative estimate of drug-likeness (QED) is 0.665. The van der Waals surface area contributed by atoms with Gasteiger partial charge in [0, 0.05) is 5.70 Å². The van der Waals surface area contributed by atoms with Crippen LogP contribution >= 0.6 is 0 Å². The Morgan fingerprint density at radius 2 is 1.48 bits per heavy atom. The second kappa shape index (κ2) is 9.93. The lowest BCUT2D eigenvalue weighted by atomic mass is 9.93. The predicted molar refractivity (Wildman–Crippen MR) is 116 cm³/mol. The van der Waals surface area contributed by atoms with Crippen LogP contribution in [0.25, 0.3) is 11.1 Å². The van der Waals surface area contributed by atoms with Crippen molar-refractivity contribution in [2.45, 2.75) is 33.2 Å². The van der Waals surface area contributed by atoms with Crippen LogP contribution in [0.5, 0.6) is 0 Å². The van der Waals surface area contributed by atoms with E-state index in [0.717, 1.165) is 22.3 Å². The highest BCUT2D eigenvalue weighted by Gasteiger charge is 2.32. The molecule has 0 aromatic heterocycles. The normalized spacial score (nSPS) is 15.7. The van der Waals surface area contributed by atoms with Crippen LogP contribution in [0, 0.1) is 0 Å². The molecule has 0 saturated carbocycles. The standard InChI is InChI=1S/C24H26N2O5/c1-4-30-20(27)14-16-6-8-17(9-7-16)18-10-12-19(13-11-18)22-21(23(28)31-5-2)15(3)25-24(29)26-22/h6-13,22H,4-5,14H2,1-3H3,(H2,25,26,29). The van der Waals surface area contributed by atoms with E-state index in [-0.39, 0.29) is 25.0 Å². The van der Waals surface area contributed by atoms with Gasteiger partial charge in [-0.1, -0.05) is 48.5 Å². The molecular weight excluding hydrogens is 396 g/mol. The van der Waals surface area contributed by atoms with E-state index in [2.05, 4.69) is 10.6 Å². The monoisotopic (exact) mass is 422 g/mol. The highest BCUT2D eigenvalue weighted by molar-refractivity contribution is 5.95. The molecule has 0 saturated heterocycles. The Morgan fingerprint density at radius 3 is 2.06 bits per heavy atom. The molecule has 3 rings (SSSR count).